The van der Waals surface area contributed by atoms with Gasteiger partial charge >= 0.3 is 0 Å². The summed E-state index contributed by atoms with van der Waals surface area (Å²) in [7, 11) is 1.59. The number of rotatable bonds is 9. The molecule has 2 rings (SSSR count). The van der Waals surface area contributed by atoms with E-state index >= 15 is 0 Å². The number of ether oxygens (including phenoxy) is 2. The third kappa shape index (κ3) is 6.12. The number of benzene rings is 2. The van der Waals surface area contributed by atoms with Gasteiger partial charge in [0.25, 0.3) is 5.91 Å². The SMILES string of the molecule is CCCOc1ccc(/C=N/NC(=O)CNc2ccc(C)cc2)cc1OC. The van der Waals surface area contributed by atoms with Gasteiger partial charge in [-0.25, -0.2) is 5.43 Å². The number of methoxy groups -OCH3 is 1. The molecule has 0 aliphatic heterocycles. The number of carbonyl (C=O) groups is 1. The lowest BCUT2D eigenvalue weighted by Gasteiger charge is -2.10. The number of aryl methyl sites for hydroxylation is 1. The summed E-state index contributed by atoms with van der Waals surface area (Å²) in [5.41, 5.74) is 5.36. The van der Waals surface area contributed by atoms with Gasteiger partial charge in [-0.2, -0.15) is 5.10 Å². The minimum absolute atomic E-state index is 0.146. The zero-order valence-corrected chi connectivity index (χ0v) is 15.4. The van der Waals surface area contributed by atoms with Crippen LogP contribution in [0.25, 0.3) is 0 Å². The van der Waals surface area contributed by atoms with Crippen molar-refractivity contribution in [2.45, 2.75) is 20.3 Å². The van der Waals surface area contributed by atoms with Gasteiger partial charge in [0.1, 0.15) is 0 Å². The van der Waals surface area contributed by atoms with Crippen LogP contribution in [0.5, 0.6) is 11.5 Å². The van der Waals surface area contributed by atoms with Crippen molar-refractivity contribution in [2.75, 3.05) is 25.6 Å². The highest BCUT2D eigenvalue weighted by Gasteiger charge is 2.05. The molecule has 0 bridgehead atoms. The van der Waals surface area contributed by atoms with Gasteiger partial charge in [0.2, 0.25) is 0 Å². The summed E-state index contributed by atoms with van der Waals surface area (Å²) >= 11 is 0. The summed E-state index contributed by atoms with van der Waals surface area (Å²) in [5, 5.41) is 7.02. The van der Waals surface area contributed by atoms with E-state index in [0.717, 1.165) is 17.7 Å². The van der Waals surface area contributed by atoms with Crippen molar-refractivity contribution in [2.24, 2.45) is 5.10 Å². The summed E-state index contributed by atoms with van der Waals surface area (Å²) in [6.45, 7) is 4.84. The van der Waals surface area contributed by atoms with Crippen LogP contribution in [-0.4, -0.2) is 32.4 Å². The van der Waals surface area contributed by atoms with Crippen molar-refractivity contribution in [1.82, 2.24) is 5.43 Å². The Morgan fingerprint density at radius 1 is 1.15 bits per heavy atom. The molecule has 138 valence electrons. The average molecular weight is 355 g/mol. The van der Waals surface area contributed by atoms with E-state index in [1.807, 2.05) is 56.3 Å². The first-order chi connectivity index (χ1) is 12.6. The molecule has 0 atom stereocenters. The van der Waals surface area contributed by atoms with E-state index in [1.54, 1.807) is 13.3 Å². The lowest BCUT2D eigenvalue weighted by Crippen LogP contribution is -2.25. The summed E-state index contributed by atoms with van der Waals surface area (Å²) < 4.78 is 10.9. The van der Waals surface area contributed by atoms with E-state index in [4.69, 9.17) is 9.47 Å². The molecule has 6 heteroatoms. The molecular weight excluding hydrogens is 330 g/mol. The maximum Gasteiger partial charge on any atom is 0.259 e. The molecule has 0 fully saturated rings. The quantitative estimate of drug-likeness (QED) is 0.534. The molecule has 0 saturated heterocycles. The fraction of sp³-hybridized carbons (Fsp3) is 0.300. The van der Waals surface area contributed by atoms with Crippen LogP contribution in [0.1, 0.15) is 24.5 Å². The first-order valence-corrected chi connectivity index (χ1v) is 8.55. The Labute approximate surface area is 154 Å². The third-order valence-electron chi connectivity index (χ3n) is 3.56. The molecule has 0 spiro atoms. The highest BCUT2D eigenvalue weighted by molar-refractivity contribution is 5.84. The number of nitrogens with one attached hydrogen (secondary N) is 2. The van der Waals surface area contributed by atoms with Gasteiger partial charge < -0.3 is 14.8 Å². The molecule has 2 aromatic carbocycles. The van der Waals surface area contributed by atoms with Crippen molar-refractivity contribution < 1.29 is 14.3 Å². The highest BCUT2D eigenvalue weighted by atomic mass is 16.5. The van der Waals surface area contributed by atoms with Crippen molar-refractivity contribution in [3.8, 4) is 11.5 Å². The number of hydrogen-bond donors (Lipinski definition) is 2. The van der Waals surface area contributed by atoms with E-state index in [2.05, 4.69) is 15.8 Å². The highest BCUT2D eigenvalue weighted by Crippen LogP contribution is 2.27. The Morgan fingerprint density at radius 3 is 2.62 bits per heavy atom. The Kier molecular flexibility index (Phi) is 7.49. The second kappa shape index (κ2) is 10.1. The predicted octanol–water partition coefficient (Wildman–Crippen LogP) is 3.35. The number of amides is 1. The van der Waals surface area contributed by atoms with E-state index in [1.165, 1.54) is 5.56 Å². The topological polar surface area (TPSA) is 72.0 Å². The van der Waals surface area contributed by atoms with Gasteiger partial charge in [-0.15, -0.1) is 0 Å². The van der Waals surface area contributed by atoms with Crippen LogP contribution < -0.4 is 20.2 Å². The maximum absolute atomic E-state index is 11.8. The molecule has 0 heterocycles. The third-order valence-corrected chi connectivity index (χ3v) is 3.56. The zero-order valence-electron chi connectivity index (χ0n) is 15.4. The average Bonchev–Trinajstić information content (AvgIpc) is 2.66. The maximum atomic E-state index is 11.8. The molecule has 6 nitrogen and oxygen atoms in total. The minimum Gasteiger partial charge on any atom is -0.493 e. The summed E-state index contributed by atoms with van der Waals surface area (Å²) in [5.74, 6) is 1.10. The fourth-order valence-corrected chi connectivity index (χ4v) is 2.17. The number of hydrazone groups is 1. The largest absolute Gasteiger partial charge is 0.493 e. The van der Waals surface area contributed by atoms with Crippen LogP contribution in [0.15, 0.2) is 47.6 Å². The van der Waals surface area contributed by atoms with Crippen LogP contribution >= 0.6 is 0 Å². The number of anilines is 1. The second-order valence-corrected chi connectivity index (χ2v) is 5.77. The molecule has 0 aliphatic rings. The van der Waals surface area contributed by atoms with Gasteiger partial charge in [-0.05, 0) is 49.2 Å². The molecule has 0 aliphatic carbocycles. The van der Waals surface area contributed by atoms with E-state index in [-0.39, 0.29) is 12.5 Å². The first-order valence-electron chi connectivity index (χ1n) is 8.55. The van der Waals surface area contributed by atoms with Crippen molar-refractivity contribution >= 4 is 17.8 Å². The lowest BCUT2D eigenvalue weighted by atomic mass is 10.2. The van der Waals surface area contributed by atoms with Crippen molar-refractivity contribution in [3.63, 3.8) is 0 Å². The molecule has 1 amide bonds. The Bertz CT molecular complexity index is 742. The lowest BCUT2D eigenvalue weighted by molar-refractivity contribution is -0.119. The molecule has 2 aromatic rings. The molecule has 0 unspecified atom stereocenters. The number of carbonyl (C=O) groups excluding carboxylic acids is 1. The Morgan fingerprint density at radius 2 is 1.92 bits per heavy atom. The monoisotopic (exact) mass is 355 g/mol. The van der Waals surface area contributed by atoms with E-state index in [0.29, 0.717) is 18.1 Å². The zero-order chi connectivity index (χ0) is 18.8. The molecule has 0 aromatic heterocycles. The molecular formula is C20H25N3O3. The minimum atomic E-state index is -0.225. The first kappa shape index (κ1) is 19.3. The summed E-state index contributed by atoms with van der Waals surface area (Å²) in [6.07, 6.45) is 2.49. The van der Waals surface area contributed by atoms with E-state index in [9.17, 15) is 4.79 Å². The van der Waals surface area contributed by atoms with Crippen LogP contribution in [0.4, 0.5) is 5.69 Å². The number of nitrogens with zero attached hydrogens (tertiary/aromatic N) is 1. The van der Waals surface area contributed by atoms with Gasteiger partial charge in [0.05, 0.1) is 26.5 Å². The molecule has 2 N–H and O–H groups in total. The number of hydrogen-bond acceptors (Lipinski definition) is 5. The second-order valence-electron chi connectivity index (χ2n) is 5.77. The van der Waals surface area contributed by atoms with Crippen LogP contribution in [0.2, 0.25) is 0 Å². The standard InChI is InChI=1S/C20H25N3O3/c1-4-11-26-18-10-7-16(12-19(18)25-3)13-22-23-20(24)14-21-17-8-5-15(2)6-9-17/h5-10,12-13,21H,4,11,14H2,1-3H3,(H,23,24)/b22-13+. The predicted molar refractivity (Wildman–Crippen MR) is 104 cm³/mol. The fourth-order valence-electron chi connectivity index (χ4n) is 2.17. The van der Waals surface area contributed by atoms with Crippen LogP contribution in [-0.2, 0) is 4.79 Å². The normalized spacial score (nSPS) is 10.6. The summed E-state index contributed by atoms with van der Waals surface area (Å²) in [6, 6.07) is 13.3. The molecule has 0 radical (unpaired) electrons. The smallest absolute Gasteiger partial charge is 0.259 e. The summed E-state index contributed by atoms with van der Waals surface area (Å²) in [4.78, 5) is 11.8. The Hall–Kier alpha value is -3.02. The van der Waals surface area contributed by atoms with Crippen LogP contribution in [0.3, 0.4) is 0 Å². The van der Waals surface area contributed by atoms with Gasteiger partial charge in [0.15, 0.2) is 11.5 Å². The van der Waals surface area contributed by atoms with Crippen LogP contribution in [0, 0.1) is 6.92 Å². The van der Waals surface area contributed by atoms with Gasteiger partial charge in [-0.3, -0.25) is 4.79 Å². The molecule has 26 heavy (non-hydrogen) atoms. The Balaban J connectivity index is 1.84. The van der Waals surface area contributed by atoms with E-state index < -0.39 is 0 Å². The molecule has 0 saturated carbocycles. The van der Waals surface area contributed by atoms with Gasteiger partial charge in [0, 0.05) is 5.69 Å². The van der Waals surface area contributed by atoms with Crippen molar-refractivity contribution in [3.05, 3.63) is 53.6 Å². The van der Waals surface area contributed by atoms with Gasteiger partial charge in [-0.1, -0.05) is 24.6 Å². The van der Waals surface area contributed by atoms with Crippen molar-refractivity contribution in [1.29, 1.82) is 0 Å².